The van der Waals surface area contributed by atoms with Crippen LogP contribution in [0.5, 0.6) is 5.75 Å². The van der Waals surface area contributed by atoms with Crippen LogP contribution in [0.25, 0.3) is 22.2 Å². The fraction of sp³-hybridized carbons (Fsp3) is 0.320. The minimum Gasteiger partial charge on any atom is -0.483 e. The van der Waals surface area contributed by atoms with E-state index in [1.807, 2.05) is 36.4 Å². The van der Waals surface area contributed by atoms with Gasteiger partial charge in [0.05, 0.1) is 23.4 Å². The van der Waals surface area contributed by atoms with Gasteiger partial charge in [-0.2, -0.15) is 0 Å². The maximum absolute atomic E-state index is 12.4. The number of benzene rings is 2. The van der Waals surface area contributed by atoms with Crippen LogP contribution in [0.15, 0.2) is 54.6 Å². The number of rotatable bonds is 7. The van der Waals surface area contributed by atoms with Crippen LogP contribution in [0.4, 0.5) is 0 Å². The molecule has 0 spiro atoms. The number of hydrogen-bond donors (Lipinski definition) is 1. The summed E-state index contributed by atoms with van der Waals surface area (Å²) in [5.41, 5.74) is 2.78. The highest BCUT2D eigenvalue weighted by atomic mass is 16.5. The molecule has 1 amide bonds. The standard InChI is InChI=1S/C25H26N2O4/c1-2-30-25(29)18-12-13-21-20(14-18)23(15-22(27-21)17-8-4-3-5-9-17)31-16-24(28)26-19-10-6-7-11-19/h3-5,8-9,12-15,19H,2,6-7,10-11,16H2,1H3,(H,26,28). The highest BCUT2D eigenvalue weighted by Crippen LogP contribution is 2.31. The van der Waals surface area contributed by atoms with E-state index in [0.717, 1.165) is 36.9 Å². The molecule has 3 aromatic rings. The molecule has 1 aromatic heterocycles. The monoisotopic (exact) mass is 418 g/mol. The summed E-state index contributed by atoms with van der Waals surface area (Å²) in [6.07, 6.45) is 4.34. The van der Waals surface area contributed by atoms with Crippen molar-refractivity contribution in [1.29, 1.82) is 0 Å². The fourth-order valence-electron chi connectivity index (χ4n) is 3.90. The predicted octanol–water partition coefficient (Wildman–Crippen LogP) is 4.52. The van der Waals surface area contributed by atoms with Crippen molar-refractivity contribution in [2.45, 2.75) is 38.6 Å². The van der Waals surface area contributed by atoms with Gasteiger partial charge in [0.2, 0.25) is 0 Å². The molecule has 0 unspecified atom stereocenters. The van der Waals surface area contributed by atoms with E-state index < -0.39 is 5.97 Å². The Morgan fingerprint density at radius 3 is 2.58 bits per heavy atom. The summed E-state index contributed by atoms with van der Waals surface area (Å²) in [6, 6.07) is 17.0. The van der Waals surface area contributed by atoms with Crippen molar-refractivity contribution in [2.24, 2.45) is 0 Å². The zero-order chi connectivity index (χ0) is 21.6. The molecule has 1 aliphatic rings. The Hall–Kier alpha value is -3.41. The van der Waals surface area contributed by atoms with Crippen molar-refractivity contribution in [2.75, 3.05) is 13.2 Å². The Labute approximate surface area is 181 Å². The van der Waals surface area contributed by atoms with Gasteiger partial charge in [0.15, 0.2) is 6.61 Å². The summed E-state index contributed by atoms with van der Waals surface area (Å²) in [6.45, 7) is 1.98. The van der Waals surface area contributed by atoms with Gasteiger partial charge in [-0.05, 0) is 38.0 Å². The molecule has 31 heavy (non-hydrogen) atoms. The van der Waals surface area contributed by atoms with E-state index in [4.69, 9.17) is 14.5 Å². The van der Waals surface area contributed by atoms with Crippen LogP contribution in [0, 0.1) is 0 Å². The summed E-state index contributed by atoms with van der Waals surface area (Å²) in [4.78, 5) is 29.3. The zero-order valence-corrected chi connectivity index (χ0v) is 17.6. The Balaban J connectivity index is 1.65. The second kappa shape index (κ2) is 9.60. The van der Waals surface area contributed by atoms with Crippen LogP contribution < -0.4 is 10.1 Å². The number of hydrogen-bond acceptors (Lipinski definition) is 5. The predicted molar refractivity (Wildman–Crippen MR) is 119 cm³/mol. The van der Waals surface area contributed by atoms with Gasteiger partial charge in [0.1, 0.15) is 5.75 Å². The Kier molecular flexibility index (Phi) is 6.46. The van der Waals surface area contributed by atoms with Crippen LogP contribution in [0.3, 0.4) is 0 Å². The number of amides is 1. The Morgan fingerprint density at radius 2 is 1.84 bits per heavy atom. The second-order valence-corrected chi connectivity index (χ2v) is 7.66. The highest BCUT2D eigenvalue weighted by molar-refractivity contribution is 5.97. The topological polar surface area (TPSA) is 77.5 Å². The third kappa shape index (κ3) is 5.02. The molecule has 2 aromatic carbocycles. The minimum absolute atomic E-state index is 0.0898. The molecule has 0 aliphatic heterocycles. The molecule has 1 heterocycles. The van der Waals surface area contributed by atoms with Gasteiger partial charge < -0.3 is 14.8 Å². The van der Waals surface area contributed by atoms with E-state index in [2.05, 4.69) is 5.32 Å². The zero-order valence-electron chi connectivity index (χ0n) is 17.6. The SMILES string of the molecule is CCOC(=O)c1ccc2nc(-c3ccccc3)cc(OCC(=O)NC3CCCC3)c2c1. The number of carbonyl (C=O) groups is 2. The Bertz CT molecular complexity index is 1080. The van der Waals surface area contributed by atoms with Crippen molar-refractivity contribution < 1.29 is 19.1 Å². The maximum Gasteiger partial charge on any atom is 0.338 e. The van der Waals surface area contributed by atoms with E-state index in [0.29, 0.717) is 28.8 Å². The minimum atomic E-state index is -0.401. The third-order valence-electron chi connectivity index (χ3n) is 5.43. The lowest BCUT2D eigenvalue weighted by atomic mass is 10.1. The number of nitrogens with zero attached hydrogens (tertiary/aromatic N) is 1. The lowest BCUT2D eigenvalue weighted by molar-refractivity contribution is -0.123. The molecule has 0 radical (unpaired) electrons. The van der Waals surface area contributed by atoms with Gasteiger partial charge in [-0.3, -0.25) is 4.79 Å². The van der Waals surface area contributed by atoms with Gasteiger partial charge in [-0.25, -0.2) is 9.78 Å². The first-order valence-corrected chi connectivity index (χ1v) is 10.7. The maximum atomic E-state index is 12.4. The lowest BCUT2D eigenvalue weighted by Gasteiger charge is -2.15. The molecular weight excluding hydrogens is 392 g/mol. The molecule has 4 rings (SSSR count). The molecule has 160 valence electrons. The summed E-state index contributed by atoms with van der Waals surface area (Å²) in [5.74, 6) is -0.0299. The number of aromatic nitrogens is 1. The summed E-state index contributed by atoms with van der Waals surface area (Å²) < 4.78 is 11.1. The van der Waals surface area contributed by atoms with E-state index in [9.17, 15) is 9.59 Å². The summed E-state index contributed by atoms with van der Waals surface area (Å²) in [7, 11) is 0. The van der Waals surface area contributed by atoms with Crippen LogP contribution >= 0.6 is 0 Å². The molecule has 1 saturated carbocycles. The number of esters is 1. The van der Waals surface area contributed by atoms with Gasteiger partial charge in [0.25, 0.3) is 5.91 Å². The van der Waals surface area contributed by atoms with Gasteiger partial charge in [0, 0.05) is 23.1 Å². The van der Waals surface area contributed by atoms with Crippen molar-refractivity contribution in [3.63, 3.8) is 0 Å². The normalized spacial score (nSPS) is 13.8. The largest absolute Gasteiger partial charge is 0.483 e. The van der Waals surface area contributed by atoms with Crippen LogP contribution in [-0.4, -0.2) is 36.1 Å². The summed E-state index contributed by atoms with van der Waals surface area (Å²) in [5, 5.41) is 3.70. The van der Waals surface area contributed by atoms with Crippen molar-refractivity contribution >= 4 is 22.8 Å². The van der Waals surface area contributed by atoms with E-state index in [1.54, 1.807) is 25.1 Å². The first-order valence-electron chi connectivity index (χ1n) is 10.7. The highest BCUT2D eigenvalue weighted by Gasteiger charge is 2.18. The van der Waals surface area contributed by atoms with Crippen LogP contribution in [0.2, 0.25) is 0 Å². The molecule has 1 aliphatic carbocycles. The molecule has 6 nitrogen and oxygen atoms in total. The van der Waals surface area contributed by atoms with Crippen molar-refractivity contribution in [3.05, 3.63) is 60.2 Å². The molecule has 1 fully saturated rings. The average Bonchev–Trinajstić information content (AvgIpc) is 3.30. The number of nitrogens with one attached hydrogen (secondary N) is 1. The first kappa shape index (κ1) is 20.8. The quantitative estimate of drug-likeness (QED) is 0.571. The van der Waals surface area contributed by atoms with E-state index in [1.165, 1.54) is 0 Å². The molecule has 0 bridgehead atoms. The molecule has 0 atom stereocenters. The smallest absolute Gasteiger partial charge is 0.338 e. The van der Waals surface area contributed by atoms with Gasteiger partial charge in [-0.15, -0.1) is 0 Å². The Morgan fingerprint density at radius 1 is 1.06 bits per heavy atom. The molecule has 6 heteroatoms. The van der Waals surface area contributed by atoms with Gasteiger partial charge >= 0.3 is 5.97 Å². The van der Waals surface area contributed by atoms with Crippen molar-refractivity contribution in [3.8, 4) is 17.0 Å². The number of pyridine rings is 1. The number of ether oxygens (including phenoxy) is 2. The molecular formula is C25H26N2O4. The van der Waals surface area contributed by atoms with Crippen molar-refractivity contribution in [1.82, 2.24) is 10.3 Å². The summed E-state index contributed by atoms with van der Waals surface area (Å²) >= 11 is 0. The second-order valence-electron chi connectivity index (χ2n) is 7.66. The van der Waals surface area contributed by atoms with E-state index >= 15 is 0 Å². The number of carbonyl (C=O) groups excluding carboxylic acids is 2. The fourth-order valence-corrected chi connectivity index (χ4v) is 3.90. The molecule has 0 saturated heterocycles. The van der Waals surface area contributed by atoms with E-state index in [-0.39, 0.29) is 18.6 Å². The molecule has 1 N–H and O–H groups in total. The average molecular weight is 418 g/mol. The van der Waals surface area contributed by atoms with Crippen LogP contribution in [0.1, 0.15) is 43.0 Å². The third-order valence-corrected chi connectivity index (χ3v) is 5.43. The number of fused-ring (bicyclic) bond motifs is 1. The first-order chi connectivity index (χ1) is 15.1. The lowest BCUT2D eigenvalue weighted by Crippen LogP contribution is -2.36. The van der Waals surface area contributed by atoms with Gasteiger partial charge in [-0.1, -0.05) is 43.2 Å². The van der Waals surface area contributed by atoms with Crippen LogP contribution in [-0.2, 0) is 9.53 Å².